The molecule has 2 aromatic carbocycles. The van der Waals surface area contributed by atoms with Crippen molar-refractivity contribution in [1.82, 2.24) is 30.7 Å². The van der Waals surface area contributed by atoms with Crippen LogP contribution in [0, 0.1) is 0 Å². The van der Waals surface area contributed by atoms with Crippen molar-refractivity contribution in [2.45, 2.75) is 38.9 Å². The van der Waals surface area contributed by atoms with E-state index < -0.39 is 0 Å². The van der Waals surface area contributed by atoms with Crippen molar-refractivity contribution in [3.63, 3.8) is 0 Å². The van der Waals surface area contributed by atoms with Gasteiger partial charge in [0.1, 0.15) is 6.33 Å². The predicted molar refractivity (Wildman–Crippen MR) is 125 cm³/mol. The molecule has 0 aliphatic carbocycles. The van der Waals surface area contributed by atoms with Crippen LogP contribution in [0.5, 0.6) is 0 Å². The van der Waals surface area contributed by atoms with Crippen LogP contribution in [0.15, 0.2) is 65.9 Å². The van der Waals surface area contributed by atoms with Crippen molar-refractivity contribution >= 4 is 5.96 Å². The van der Waals surface area contributed by atoms with E-state index in [4.69, 9.17) is 4.99 Å². The lowest BCUT2D eigenvalue weighted by Gasteiger charge is -2.34. The molecule has 0 bridgehead atoms. The van der Waals surface area contributed by atoms with E-state index in [0.29, 0.717) is 12.6 Å². The van der Waals surface area contributed by atoms with Gasteiger partial charge in [-0.15, -0.1) is 0 Å². The monoisotopic (exact) mass is 417 g/mol. The third-order valence-corrected chi connectivity index (χ3v) is 5.47. The Balaban J connectivity index is 1.37. The van der Waals surface area contributed by atoms with Crippen LogP contribution in [0.2, 0.25) is 0 Å². The Labute approximate surface area is 184 Å². The van der Waals surface area contributed by atoms with E-state index >= 15 is 0 Å². The number of likely N-dealkylation sites (tertiary alicyclic amines) is 1. The molecular formula is C24H31N7. The normalized spacial score (nSPS) is 17.5. The summed E-state index contributed by atoms with van der Waals surface area (Å²) < 4.78 is 0. The molecule has 1 aliphatic heterocycles. The van der Waals surface area contributed by atoms with Crippen LogP contribution in [0.25, 0.3) is 11.4 Å². The average Bonchev–Trinajstić information content (AvgIpc) is 3.34. The van der Waals surface area contributed by atoms with Crippen LogP contribution >= 0.6 is 0 Å². The number of H-pyrrole nitrogens is 1. The molecule has 31 heavy (non-hydrogen) atoms. The molecule has 1 aliphatic rings. The highest BCUT2D eigenvalue weighted by molar-refractivity contribution is 5.80. The van der Waals surface area contributed by atoms with Crippen LogP contribution in [0.4, 0.5) is 0 Å². The van der Waals surface area contributed by atoms with E-state index in [1.54, 1.807) is 0 Å². The zero-order valence-electron chi connectivity index (χ0n) is 18.1. The van der Waals surface area contributed by atoms with Gasteiger partial charge in [0, 0.05) is 31.2 Å². The Kier molecular flexibility index (Phi) is 7.28. The molecular weight excluding hydrogens is 386 g/mol. The second-order valence-corrected chi connectivity index (χ2v) is 7.93. The summed E-state index contributed by atoms with van der Waals surface area (Å²) in [4.78, 5) is 11.6. The number of nitrogens with one attached hydrogen (secondary N) is 3. The minimum absolute atomic E-state index is 0.399. The van der Waals surface area contributed by atoms with Gasteiger partial charge in [0.25, 0.3) is 0 Å². The number of guanidine groups is 1. The largest absolute Gasteiger partial charge is 0.357 e. The molecule has 1 fully saturated rings. The van der Waals surface area contributed by atoms with Crippen molar-refractivity contribution in [2.75, 3.05) is 19.6 Å². The first kappa shape index (κ1) is 21.1. The SMILES string of the molecule is CCNC(=NCc1cccc(-c2ncn[nH]2)c1)NC1CCCN(Cc2ccccc2)C1. The average molecular weight is 418 g/mol. The Morgan fingerprint density at radius 3 is 2.84 bits per heavy atom. The van der Waals surface area contributed by atoms with Crippen molar-refractivity contribution in [1.29, 1.82) is 0 Å². The van der Waals surface area contributed by atoms with Gasteiger partial charge in [0.15, 0.2) is 11.8 Å². The number of rotatable bonds is 7. The van der Waals surface area contributed by atoms with E-state index in [9.17, 15) is 0 Å². The zero-order valence-corrected chi connectivity index (χ0v) is 18.1. The lowest BCUT2D eigenvalue weighted by molar-refractivity contribution is 0.192. The minimum atomic E-state index is 0.399. The van der Waals surface area contributed by atoms with Crippen molar-refractivity contribution < 1.29 is 0 Å². The fourth-order valence-corrected chi connectivity index (χ4v) is 4.00. The lowest BCUT2D eigenvalue weighted by Crippen LogP contribution is -2.50. The second kappa shape index (κ2) is 10.7. The first-order valence-corrected chi connectivity index (χ1v) is 11.1. The van der Waals surface area contributed by atoms with E-state index in [2.05, 4.69) is 80.1 Å². The number of hydrogen-bond donors (Lipinski definition) is 3. The highest BCUT2D eigenvalue weighted by atomic mass is 15.2. The summed E-state index contributed by atoms with van der Waals surface area (Å²) in [5.41, 5.74) is 3.53. The Bertz CT molecular complexity index is 953. The van der Waals surface area contributed by atoms with E-state index in [1.807, 2.05) is 12.1 Å². The minimum Gasteiger partial charge on any atom is -0.357 e. The number of nitrogens with zero attached hydrogens (tertiary/aromatic N) is 4. The standard InChI is InChI=1S/C24H31N7/c1-2-25-24(26-15-20-10-6-11-21(14-20)23-27-18-28-30-23)29-22-12-7-13-31(17-22)16-19-8-4-3-5-9-19/h3-6,8-11,14,18,22H,2,7,12-13,15-17H2,1H3,(H2,25,26,29)(H,27,28,30). The smallest absolute Gasteiger partial charge is 0.191 e. The summed E-state index contributed by atoms with van der Waals surface area (Å²) in [5.74, 6) is 1.65. The van der Waals surface area contributed by atoms with E-state index in [0.717, 1.165) is 55.5 Å². The van der Waals surface area contributed by atoms with Crippen molar-refractivity contribution in [2.24, 2.45) is 4.99 Å². The Morgan fingerprint density at radius 2 is 2.03 bits per heavy atom. The zero-order chi connectivity index (χ0) is 21.3. The summed E-state index contributed by atoms with van der Waals surface area (Å²) in [5, 5.41) is 13.9. The quantitative estimate of drug-likeness (QED) is 0.406. The number of benzene rings is 2. The highest BCUT2D eigenvalue weighted by Gasteiger charge is 2.20. The van der Waals surface area contributed by atoms with Gasteiger partial charge in [-0.1, -0.05) is 48.5 Å². The molecule has 3 N–H and O–H groups in total. The predicted octanol–water partition coefficient (Wildman–Crippen LogP) is 3.19. The molecule has 4 rings (SSSR count). The van der Waals surface area contributed by atoms with Crippen LogP contribution in [0.1, 0.15) is 30.9 Å². The molecule has 1 unspecified atom stereocenters. The highest BCUT2D eigenvalue weighted by Crippen LogP contribution is 2.16. The number of aliphatic imine (C=N–C) groups is 1. The first-order chi connectivity index (χ1) is 15.3. The molecule has 0 spiro atoms. The molecule has 2 heterocycles. The maximum atomic E-state index is 4.84. The number of hydrogen-bond acceptors (Lipinski definition) is 4. The van der Waals surface area contributed by atoms with Gasteiger partial charge in [-0.2, -0.15) is 5.10 Å². The molecule has 162 valence electrons. The van der Waals surface area contributed by atoms with Gasteiger partial charge in [0.05, 0.1) is 6.54 Å². The molecule has 0 amide bonds. The van der Waals surface area contributed by atoms with Gasteiger partial charge in [-0.05, 0) is 43.5 Å². The van der Waals surface area contributed by atoms with Crippen molar-refractivity contribution in [3.05, 3.63) is 72.1 Å². The van der Waals surface area contributed by atoms with E-state index in [-0.39, 0.29) is 0 Å². The Morgan fingerprint density at radius 1 is 1.16 bits per heavy atom. The van der Waals surface area contributed by atoms with E-state index in [1.165, 1.54) is 18.3 Å². The molecule has 1 saturated heterocycles. The van der Waals surface area contributed by atoms with Gasteiger partial charge in [-0.25, -0.2) is 9.98 Å². The second-order valence-electron chi connectivity index (χ2n) is 7.93. The van der Waals surface area contributed by atoms with Crippen molar-refractivity contribution in [3.8, 4) is 11.4 Å². The summed E-state index contributed by atoms with van der Waals surface area (Å²) in [6.45, 7) is 6.73. The first-order valence-electron chi connectivity index (χ1n) is 11.1. The lowest BCUT2D eigenvalue weighted by atomic mass is 10.0. The molecule has 7 nitrogen and oxygen atoms in total. The topological polar surface area (TPSA) is 81.2 Å². The molecule has 0 saturated carbocycles. The summed E-state index contributed by atoms with van der Waals surface area (Å²) in [7, 11) is 0. The summed E-state index contributed by atoms with van der Waals surface area (Å²) in [6, 6.07) is 19.4. The third kappa shape index (κ3) is 6.15. The van der Waals surface area contributed by atoms with Crippen LogP contribution < -0.4 is 10.6 Å². The molecule has 3 aromatic rings. The molecule has 1 atom stereocenters. The maximum absolute atomic E-state index is 4.84. The maximum Gasteiger partial charge on any atom is 0.191 e. The fourth-order valence-electron chi connectivity index (χ4n) is 4.00. The molecule has 1 aromatic heterocycles. The van der Waals surface area contributed by atoms with Crippen LogP contribution in [-0.2, 0) is 13.1 Å². The molecule has 7 heteroatoms. The summed E-state index contributed by atoms with van der Waals surface area (Å²) in [6.07, 6.45) is 3.89. The fraction of sp³-hybridized carbons (Fsp3) is 0.375. The number of piperidine rings is 1. The van der Waals surface area contributed by atoms with Crippen LogP contribution in [-0.4, -0.2) is 51.7 Å². The van der Waals surface area contributed by atoms with Gasteiger partial charge < -0.3 is 10.6 Å². The van der Waals surface area contributed by atoms with Gasteiger partial charge in [0.2, 0.25) is 0 Å². The van der Waals surface area contributed by atoms with Gasteiger partial charge >= 0.3 is 0 Å². The van der Waals surface area contributed by atoms with Gasteiger partial charge in [-0.3, -0.25) is 10.00 Å². The third-order valence-electron chi connectivity index (χ3n) is 5.47. The molecule has 0 radical (unpaired) electrons. The number of aromatic amines is 1. The Hall–Kier alpha value is -3.19. The number of aromatic nitrogens is 3. The van der Waals surface area contributed by atoms with Crippen LogP contribution in [0.3, 0.4) is 0 Å². The summed E-state index contributed by atoms with van der Waals surface area (Å²) >= 11 is 0.